The Morgan fingerprint density at radius 1 is 1.05 bits per heavy atom. The topological polar surface area (TPSA) is 58.2 Å². The van der Waals surface area contributed by atoms with Gasteiger partial charge >= 0.3 is 0 Å². The van der Waals surface area contributed by atoms with Crippen LogP contribution in [-0.4, -0.2) is 15.0 Å². The van der Waals surface area contributed by atoms with Gasteiger partial charge < -0.3 is 5.32 Å². The molecule has 2 aromatic rings. The Hall–Kier alpha value is -1.21. The highest BCUT2D eigenvalue weighted by Gasteiger charge is 2.16. The predicted molar refractivity (Wildman–Crippen MR) is 82.2 cm³/mol. The zero-order valence-corrected chi connectivity index (χ0v) is 12.9. The number of rotatable bonds is 7. The van der Waals surface area contributed by atoms with Gasteiger partial charge in [0.2, 0.25) is 10.0 Å². The molecule has 0 aliphatic carbocycles. The van der Waals surface area contributed by atoms with Gasteiger partial charge in [0, 0.05) is 18.0 Å². The standard InChI is InChI=1S/C14H18N2O2S2/c1-2-15-11-13-8-9-14(19-13)20(17,18)16-10-12-6-4-3-5-7-12/h3-9,15-16H,2,10-11H2,1H3. The van der Waals surface area contributed by atoms with Gasteiger partial charge in [-0.1, -0.05) is 37.3 Å². The van der Waals surface area contributed by atoms with Crippen molar-refractivity contribution in [1.82, 2.24) is 10.0 Å². The Balaban J connectivity index is 2.01. The number of thiophene rings is 1. The van der Waals surface area contributed by atoms with Gasteiger partial charge in [0.05, 0.1) is 0 Å². The summed E-state index contributed by atoms with van der Waals surface area (Å²) >= 11 is 1.30. The largest absolute Gasteiger partial charge is 0.312 e. The van der Waals surface area contributed by atoms with Crippen molar-refractivity contribution in [1.29, 1.82) is 0 Å². The molecule has 0 radical (unpaired) electrons. The van der Waals surface area contributed by atoms with Crippen molar-refractivity contribution < 1.29 is 8.42 Å². The highest BCUT2D eigenvalue weighted by atomic mass is 32.2. The van der Waals surface area contributed by atoms with Gasteiger partial charge in [-0.3, -0.25) is 0 Å². The van der Waals surface area contributed by atoms with E-state index in [1.807, 2.05) is 43.3 Å². The highest BCUT2D eigenvalue weighted by Crippen LogP contribution is 2.21. The molecule has 1 aromatic carbocycles. The first kappa shape index (κ1) is 15.2. The normalized spacial score (nSPS) is 11.7. The fourth-order valence-corrected chi connectivity index (χ4v) is 4.08. The fraction of sp³-hybridized carbons (Fsp3) is 0.286. The van der Waals surface area contributed by atoms with E-state index in [4.69, 9.17) is 0 Å². The lowest BCUT2D eigenvalue weighted by Gasteiger charge is -2.04. The number of hydrogen-bond donors (Lipinski definition) is 2. The molecule has 0 spiro atoms. The molecule has 0 amide bonds. The van der Waals surface area contributed by atoms with E-state index in [2.05, 4.69) is 10.0 Å². The van der Waals surface area contributed by atoms with Crippen LogP contribution in [-0.2, 0) is 23.1 Å². The third-order valence-electron chi connectivity index (χ3n) is 2.76. The molecule has 0 saturated carbocycles. The molecule has 0 saturated heterocycles. The molecule has 6 heteroatoms. The van der Waals surface area contributed by atoms with Crippen molar-refractivity contribution >= 4 is 21.4 Å². The van der Waals surface area contributed by atoms with E-state index in [9.17, 15) is 8.42 Å². The first-order valence-corrected chi connectivity index (χ1v) is 8.75. The minimum absolute atomic E-state index is 0.309. The van der Waals surface area contributed by atoms with Crippen LogP contribution < -0.4 is 10.0 Å². The lowest BCUT2D eigenvalue weighted by Crippen LogP contribution is -2.22. The fourth-order valence-electron chi connectivity index (χ4n) is 1.69. The molecule has 4 nitrogen and oxygen atoms in total. The van der Waals surface area contributed by atoms with Crippen molar-refractivity contribution in [2.24, 2.45) is 0 Å². The Kier molecular flexibility index (Phi) is 5.31. The molecule has 20 heavy (non-hydrogen) atoms. The van der Waals surface area contributed by atoms with Crippen molar-refractivity contribution in [2.45, 2.75) is 24.2 Å². The monoisotopic (exact) mass is 310 g/mol. The summed E-state index contributed by atoms with van der Waals surface area (Å²) in [4.78, 5) is 1.02. The minimum Gasteiger partial charge on any atom is -0.312 e. The summed E-state index contributed by atoms with van der Waals surface area (Å²) in [5, 5.41) is 3.18. The smallest absolute Gasteiger partial charge is 0.250 e. The van der Waals surface area contributed by atoms with Gasteiger partial charge in [-0.15, -0.1) is 11.3 Å². The zero-order valence-electron chi connectivity index (χ0n) is 11.3. The minimum atomic E-state index is -3.42. The van der Waals surface area contributed by atoms with E-state index in [1.54, 1.807) is 6.07 Å². The van der Waals surface area contributed by atoms with Crippen LogP contribution >= 0.6 is 11.3 Å². The van der Waals surface area contributed by atoms with E-state index in [-0.39, 0.29) is 0 Å². The SMILES string of the molecule is CCNCc1ccc(S(=O)(=O)NCc2ccccc2)s1. The van der Waals surface area contributed by atoms with E-state index in [1.165, 1.54) is 11.3 Å². The first-order valence-electron chi connectivity index (χ1n) is 6.45. The van der Waals surface area contributed by atoms with Crippen LogP contribution in [0.2, 0.25) is 0 Å². The highest BCUT2D eigenvalue weighted by molar-refractivity contribution is 7.91. The van der Waals surface area contributed by atoms with Gasteiger partial charge in [0.1, 0.15) is 4.21 Å². The number of sulfonamides is 1. The van der Waals surface area contributed by atoms with Crippen molar-refractivity contribution in [3.05, 3.63) is 52.9 Å². The average molecular weight is 310 g/mol. The Bertz CT molecular complexity index is 636. The molecule has 0 atom stereocenters. The predicted octanol–water partition coefficient (Wildman–Crippen LogP) is 2.34. The van der Waals surface area contributed by atoms with Crippen molar-refractivity contribution in [2.75, 3.05) is 6.54 Å². The van der Waals surface area contributed by atoms with Gasteiger partial charge in [-0.25, -0.2) is 13.1 Å². The molecule has 0 aliphatic rings. The second-order valence-corrected chi connectivity index (χ2v) is 7.47. The molecule has 0 aliphatic heterocycles. The Morgan fingerprint density at radius 3 is 2.50 bits per heavy atom. The van der Waals surface area contributed by atoms with Crippen LogP contribution in [0.1, 0.15) is 17.4 Å². The summed E-state index contributed by atoms with van der Waals surface area (Å²) in [6.45, 7) is 3.90. The molecule has 0 bridgehead atoms. The molecule has 2 rings (SSSR count). The molecule has 0 unspecified atom stereocenters. The maximum Gasteiger partial charge on any atom is 0.250 e. The van der Waals surface area contributed by atoms with Crippen LogP contribution in [0.5, 0.6) is 0 Å². The van der Waals surface area contributed by atoms with Crippen LogP contribution in [0, 0.1) is 0 Å². The van der Waals surface area contributed by atoms with E-state index in [0.29, 0.717) is 17.3 Å². The zero-order chi connectivity index (χ0) is 14.4. The average Bonchev–Trinajstić information content (AvgIpc) is 2.94. The third kappa shape index (κ3) is 4.14. The Morgan fingerprint density at radius 2 is 1.80 bits per heavy atom. The summed E-state index contributed by atoms with van der Waals surface area (Å²) in [6, 6.07) is 13.0. The summed E-state index contributed by atoms with van der Waals surface area (Å²) in [7, 11) is -3.42. The van der Waals surface area contributed by atoms with Crippen LogP contribution in [0.25, 0.3) is 0 Å². The number of benzene rings is 1. The van der Waals surface area contributed by atoms with Crippen molar-refractivity contribution in [3.63, 3.8) is 0 Å². The maximum absolute atomic E-state index is 12.2. The molecule has 1 aromatic heterocycles. The third-order valence-corrected chi connectivity index (χ3v) is 5.74. The van der Waals surface area contributed by atoms with Crippen molar-refractivity contribution in [3.8, 4) is 0 Å². The van der Waals surface area contributed by atoms with E-state index >= 15 is 0 Å². The lowest BCUT2D eigenvalue weighted by atomic mass is 10.2. The van der Waals surface area contributed by atoms with Gasteiger partial charge in [0.15, 0.2) is 0 Å². The molecule has 0 fully saturated rings. The van der Waals surface area contributed by atoms with Gasteiger partial charge in [-0.2, -0.15) is 0 Å². The summed E-state index contributed by atoms with van der Waals surface area (Å²) in [5.41, 5.74) is 0.945. The van der Waals surface area contributed by atoms with E-state index < -0.39 is 10.0 Å². The summed E-state index contributed by atoms with van der Waals surface area (Å²) in [5.74, 6) is 0. The molecular weight excluding hydrogens is 292 g/mol. The van der Waals surface area contributed by atoms with E-state index in [0.717, 1.165) is 17.0 Å². The second-order valence-electron chi connectivity index (χ2n) is 4.31. The van der Waals surface area contributed by atoms with Gasteiger partial charge in [0.25, 0.3) is 0 Å². The second kappa shape index (κ2) is 6.99. The molecule has 108 valence electrons. The quantitative estimate of drug-likeness (QED) is 0.825. The van der Waals surface area contributed by atoms with Crippen LogP contribution in [0.15, 0.2) is 46.7 Å². The summed E-state index contributed by atoms with van der Waals surface area (Å²) in [6.07, 6.45) is 0. The maximum atomic E-state index is 12.2. The first-order chi connectivity index (χ1) is 9.62. The van der Waals surface area contributed by atoms with Crippen LogP contribution in [0.3, 0.4) is 0 Å². The molecule has 2 N–H and O–H groups in total. The Labute approximate surface area is 123 Å². The number of nitrogens with one attached hydrogen (secondary N) is 2. The number of hydrogen-bond acceptors (Lipinski definition) is 4. The lowest BCUT2D eigenvalue weighted by molar-refractivity contribution is 0.583. The summed E-state index contributed by atoms with van der Waals surface area (Å²) < 4.78 is 27.3. The van der Waals surface area contributed by atoms with Gasteiger partial charge in [-0.05, 0) is 24.2 Å². The molecule has 1 heterocycles. The molecular formula is C14H18N2O2S2. The van der Waals surface area contributed by atoms with Crippen LogP contribution in [0.4, 0.5) is 0 Å².